The normalized spacial score (nSPS) is 22.6. The van der Waals surface area contributed by atoms with Gasteiger partial charge in [-0.2, -0.15) is 4.37 Å². The van der Waals surface area contributed by atoms with Gasteiger partial charge in [0.25, 0.3) is 5.91 Å². The first-order valence-electron chi connectivity index (χ1n) is 7.37. The molecule has 1 saturated heterocycles. The Morgan fingerprint density at radius 1 is 1.45 bits per heavy atom. The van der Waals surface area contributed by atoms with E-state index >= 15 is 0 Å². The SMILES string of the molecule is CC(C)C1CCN(c2snc(N)c2C(=O)NC2CC2)C1. The second kappa shape index (κ2) is 5.24. The van der Waals surface area contributed by atoms with E-state index in [9.17, 15) is 4.79 Å². The maximum Gasteiger partial charge on any atom is 0.258 e. The largest absolute Gasteiger partial charge is 0.382 e. The third-order valence-electron chi connectivity index (χ3n) is 4.29. The predicted octanol–water partition coefficient (Wildman–Crippen LogP) is 2.10. The van der Waals surface area contributed by atoms with Gasteiger partial charge in [0.15, 0.2) is 5.82 Å². The zero-order valence-corrected chi connectivity index (χ0v) is 12.9. The topological polar surface area (TPSA) is 71.2 Å². The zero-order valence-electron chi connectivity index (χ0n) is 12.1. The fourth-order valence-electron chi connectivity index (χ4n) is 2.72. The van der Waals surface area contributed by atoms with Gasteiger partial charge in [-0.1, -0.05) is 13.8 Å². The smallest absolute Gasteiger partial charge is 0.258 e. The van der Waals surface area contributed by atoms with Crippen LogP contribution in [0.4, 0.5) is 10.8 Å². The van der Waals surface area contributed by atoms with Crippen LogP contribution in [0.25, 0.3) is 0 Å². The van der Waals surface area contributed by atoms with Crippen molar-refractivity contribution in [2.75, 3.05) is 23.7 Å². The van der Waals surface area contributed by atoms with E-state index in [0.29, 0.717) is 29.3 Å². The van der Waals surface area contributed by atoms with Gasteiger partial charge in [0.05, 0.1) is 0 Å². The maximum absolute atomic E-state index is 12.3. The highest BCUT2D eigenvalue weighted by atomic mass is 32.1. The number of nitrogens with two attached hydrogens (primary N) is 1. The van der Waals surface area contributed by atoms with Crippen molar-refractivity contribution in [2.24, 2.45) is 11.8 Å². The number of rotatable bonds is 4. The Morgan fingerprint density at radius 3 is 2.80 bits per heavy atom. The quantitative estimate of drug-likeness (QED) is 0.892. The van der Waals surface area contributed by atoms with Crippen LogP contribution in [0, 0.1) is 11.8 Å². The molecule has 1 unspecified atom stereocenters. The van der Waals surface area contributed by atoms with Crippen LogP contribution in [0.2, 0.25) is 0 Å². The van der Waals surface area contributed by atoms with E-state index in [0.717, 1.165) is 30.9 Å². The second-order valence-electron chi connectivity index (χ2n) is 6.23. The van der Waals surface area contributed by atoms with E-state index in [1.807, 2.05) is 0 Å². The molecule has 6 heteroatoms. The predicted molar refractivity (Wildman–Crippen MR) is 82.2 cm³/mol. The Labute approximate surface area is 123 Å². The molecule has 2 aliphatic rings. The molecule has 1 atom stereocenters. The molecular weight excluding hydrogens is 272 g/mol. The number of nitrogens with zero attached hydrogens (tertiary/aromatic N) is 2. The summed E-state index contributed by atoms with van der Waals surface area (Å²) in [5, 5.41) is 3.96. The Bertz CT molecular complexity index is 509. The number of hydrogen-bond acceptors (Lipinski definition) is 5. The lowest BCUT2D eigenvalue weighted by Gasteiger charge is -2.19. The van der Waals surface area contributed by atoms with Gasteiger partial charge >= 0.3 is 0 Å². The summed E-state index contributed by atoms with van der Waals surface area (Å²) in [6.45, 7) is 6.52. The summed E-state index contributed by atoms with van der Waals surface area (Å²) in [5.74, 6) is 1.68. The first-order chi connectivity index (χ1) is 9.56. The molecule has 0 aromatic carbocycles. The molecule has 2 heterocycles. The molecule has 1 amide bonds. The van der Waals surface area contributed by atoms with Crippen molar-refractivity contribution in [3.05, 3.63) is 5.56 Å². The van der Waals surface area contributed by atoms with Gasteiger partial charge in [0.2, 0.25) is 0 Å². The maximum atomic E-state index is 12.3. The summed E-state index contributed by atoms with van der Waals surface area (Å²) in [6.07, 6.45) is 3.34. The molecule has 1 aromatic heterocycles. The van der Waals surface area contributed by atoms with Crippen molar-refractivity contribution in [2.45, 2.75) is 39.2 Å². The first kappa shape index (κ1) is 13.7. The molecule has 3 rings (SSSR count). The van der Waals surface area contributed by atoms with Crippen LogP contribution in [-0.2, 0) is 0 Å². The molecule has 1 saturated carbocycles. The minimum Gasteiger partial charge on any atom is -0.382 e. The molecule has 0 spiro atoms. The number of nitrogens with one attached hydrogen (secondary N) is 1. The van der Waals surface area contributed by atoms with Gasteiger partial charge in [0.1, 0.15) is 10.6 Å². The van der Waals surface area contributed by atoms with Gasteiger partial charge < -0.3 is 16.0 Å². The summed E-state index contributed by atoms with van der Waals surface area (Å²) in [5.41, 5.74) is 6.50. The van der Waals surface area contributed by atoms with E-state index in [-0.39, 0.29) is 5.91 Å². The highest BCUT2D eigenvalue weighted by Crippen LogP contribution is 2.36. The van der Waals surface area contributed by atoms with E-state index < -0.39 is 0 Å². The van der Waals surface area contributed by atoms with E-state index in [2.05, 4.69) is 28.4 Å². The van der Waals surface area contributed by atoms with Crippen molar-refractivity contribution in [1.82, 2.24) is 9.69 Å². The number of hydrogen-bond donors (Lipinski definition) is 2. The fourth-order valence-corrected chi connectivity index (χ4v) is 3.57. The third-order valence-corrected chi connectivity index (χ3v) is 5.22. The molecule has 1 aliphatic heterocycles. The Morgan fingerprint density at radius 2 is 2.20 bits per heavy atom. The second-order valence-corrected chi connectivity index (χ2v) is 6.99. The van der Waals surface area contributed by atoms with Crippen molar-refractivity contribution < 1.29 is 4.79 Å². The van der Waals surface area contributed by atoms with Crippen LogP contribution >= 0.6 is 11.5 Å². The van der Waals surface area contributed by atoms with E-state index in [1.54, 1.807) is 0 Å². The van der Waals surface area contributed by atoms with Gasteiger partial charge in [-0.3, -0.25) is 4.79 Å². The standard InChI is InChI=1S/C14H22N4OS/c1-8(2)9-5-6-18(7-9)14-11(12(15)17-20-14)13(19)16-10-3-4-10/h8-10H,3-7H2,1-2H3,(H2,15,17)(H,16,19). The van der Waals surface area contributed by atoms with Crippen LogP contribution in [0.5, 0.6) is 0 Å². The lowest BCUT2D eigenvalue weighted by molar-refractivity contribution is 0.0952. The lowest BCUT2D eigenvalue weighted by atomic mass is 9.95. The summed E-state index contributed by atoms with van der Waals surface area (Å²) < 4.78 is 4.20. The summed E-state index contributed by atoms with van der Waals surface area (Å²) in [4.78, 5) is 14.6. The molecule has 2 fully saturated rings. The van der Waals surface area contributed by atoms with Crippen LogP contribution in [-0.4, -0.2) is 29.4 Å². The van der Waals surface area contributed by atoms with Crippen LogP contribution < -0.4 is 16.0 Å². The minimum atomic E-state index is -0.0539. The van der Waals surface area contributed by atoms with Crippen molar-refractivity contribution in [1.29, 1.82) is 0 Å². The molecule has 20 heavy (non-hydrogen) atoms. The molecular formula is C14H22N4OS. The molecule has 110 valence electrons. The number of amides is 1. The average molecular weight is 294 g/mol. The molecule has 1 aromatic rings. The highest BCUT2D eigenvalue weighted by Gasteiger charge is 2.32. The number of carbonyl (C=O) groups excluding carboxylic acids is 1. The van der Waals surface area contributed by atoms with Crippen LogP contribution in [0.1, 0.15) is 43.5 Å². The van der Waals surface area contributed by atoms with Crippen LogP contribution in [0.3, 0.4) is 0 Å². The summed E-state index contributed by atoms with van der Waals surface area (Å²) in [6, 6.07) is 0.344. The number of anilines is 2. The highest BCUT2D eigenvalue weighted by molar-refractivity contribution is 7.11. The van der Waals surface area contributed by atoms with Crippen LogP contribution in [0.15, 0.2) is 0 Å². The first-order valence-corrected chi connectivity index (χ1v) is 8.14. The van der Waals surface area contributed by atoms with Crippen molar-refractivity contribution in [3.63, 3.8) is 0 Å². The lowest BCUT2D eigenvalue weighted by Crippen LogP contribution is -2.29. The summed E-state index contributed by atoms with van der Waals surface area (Å²) >= 11 is 1.35. The number of carbonyl (C=O) groups is 1. The number of nitrogen functional groups attached to an aromatic ring is 1. The van der Waals surface area contributed by atoms with E-state index in [1.165, 1.54) is 18.0 Å². The summed E-state index contributed by atoms with van der Waals surface area (Å²) in [7, 11) is 0. The van der Waals surface area contributed by atoms with Crippen molar-refractivity contribution in [3.8, 4) is 0 Å². The van der Waals surface area contributed by atoms with Crippen molar-refractivity contribution >= 4 is 28.3 Å². The number of aromatic nitrogens is 1. The molecule has 3 N–H and O–H groups in total. The average Bonchev–Trinajstić information content (AvgIpc) is 2.92. The molecule has 0 radical (unpaired) electrons. The Hall–Kier alpha value is -1.30. The van der Waals surface area contributed by atoms with Gasteiger partial charge in [0, 0.05) is 19.1 Å². The zero-order chi connectivity index (χ0) is 14.3. The monoisotopic (exact) mass is 294 g/mol. The molecule has 5 nitrogen and oxygen atoms in total. The molecule has 0 bridgehead atoms. The molecule has 1 aliphatic carbocycles. The van der Waals surface area contributed by atoms with Gasteiger partial charge in [-0.05, 0) is 42.6 Å². The van der Waals surface area contributed by atoms with E-state index in [4.69, 9.17) is 5.73 Å². The third kappa shape index (κ3) is 2.61. The Balaban J connectivity index is 1.78. The van der Waals surface area contributed by atoms with Gasteiger partial charge in [-0.25, -0.2) is 0 Å². The van der Waals surface area contributed by atoms with Gasteiger partial charge in [-0.15, -0.1) is 0 Å². The fraction of sp³-hybridized carbons (Fsp3) is 0.714. The Kier molecular flexibility index (Phi) is 3.58. The minimum absolute atomic E-state index is 0.0539.